The fourth-order valence-electron chi connectivity index (χ4n) is 3.59. The average molecular weight is 303 g/mol. The number of nitrogens with one attached hydrogen (secondary N) is 1. The minimum absolute atomic E-state index is 0.366. The van der Waals surface area contributed by atoms with E-state index in [0.29, 0.717) is 5.41 Å². The van der Waals surface area contributed by atoms with E-state index in [0.717, 1.165) is 22.5 Å². The van der Waals surface area contributed by atoms with E-state index < -0.39 is 0 Å². The molecule has 0 aromatic heterocycles. The summed E-state index contributed by atoms with van der Waals surface area (Å²) in [4.78, 5) is 0. The molecule has 0 bridgehead atoms. The lowest BCUT2D eigenvalue weighted by molar-refractivity contribution is 0.491. The molecule has 1 nitrogen and oxygen atoms in total. The highest BCUT2D eigenvalue weighted by atomic mass is 14.9. The summed E-state index contributed by atoms with van der Waals surface area (Å²) in [6.07, 6.45) is 7.18. The third kappa shape index (κ3) is 3.24. The Balaban J connectivity index is 1.75. The van der Waals surface area contributed by atoms with Gasteiger partial charge >= 0.3 is 0 Å². The van der Waals surface area contributed by atoms with Crippen LogP contribution in [0.3, 0.4) is 0 Å². The fourth-order valence-corrected chi connectivity index (χ4v) is 3.59. The highest BCUT2D eigenvalue weighted by molar-refractivity contribution is 5.80. The van der Waals surface area contributed by atoms with Crippen molar-refractivity contribution in [3.63, 3.8) is 0 Å². The Morgan fingerprint density at radius 1 is 1.04 bits per heavy atom. The van der Waals surface area contributed by atoms with E-state index >= 15 is 0 Å². The summed E-state index contributed by atoms with van der Waals surface area (Å²) in [6.45, 7) is 10.4. The lowest BCUT2D eigenvalue weighted by atomic mass is 9.81. The Bertz CT molecular complexity index is 703. The molecule has 2 aromatic rings. The van der Waals surface area contributed by atoms with Gasteiger partial charge in [0.05, 0.1) is 0 Å². The topological polar surface area (TPSA) is 12.0 Å². The molecular weight excluding hydrogens is 278 g/mol. The number of benzene rings is 2. The van der Waals surface area contributed by atoms with Crippen molar-refractivity contribution in [2.24, 2.45) is 0 Å². The first-order valence-corrected chi connectivity index (χ1v) is 8.41. The summed E-state index contributed by atoms with van der Waals surface area (Å²) in [7, 11) is 0. The molecule has 1 aliphatic rings. The van der Waals surface area contributed by atoms with Crippen LogP contribution in [0.5, 0.6) is 0 Å². The van der Waals surface area contributed by atoms with Crippen LogP contribution in [0.2, 0.25) is 0 Å². The summed E-state index contributed by atoms with van der Waals surface area (Å²) in [5.41, 5.74) is 6.00. The van der Waals surface area contributed by atoms with Crippen LogP contribution in [0.25, 0.3) is 11.8 Å². The van der Waals surface area contributed by atoms with E-state index in [9.17, 15) is 0 Å². The second-order valence-electron chi connectivity index (χ2n) is 6.74. The summed E-state index contributed by atoms with van der Waals surface area (Å²) in [5, 5.41) is 3.42. The van der Waals surface area contributed by atoms with Crippen LogP contribution in [-0.4, -0.2) is 0 Å². The maximum Gasteiger partial charge on any atom is 0.0390 e. The van der Waals surface area contributed by atoms with Crippen molar-refractivity contribution in [3.8, 4) is 0 Å². The van der Waals surface area contributed by atoms with Crippen LogP contribution >= 0.6 is 0 Å². The summed E-state index contributed by atoms with van der Waals surface area (Å²) in [6, 6.07) is 17.0. The summed E-state index contributed by atoms with van der Waals surface area (Å²) < 4.78 is 0. The van der Waals surface area contributed by atoms with Gasteiger partial charge in [-0.1, -0.05) is 75.4 Å². The summed E-state index contributed by atoms with van der Waals surface area (Å²) in [5.74, 6) is 0. The zero-order valence-electron chi connectivity index (χ0n) is 13.9. The number of anilines is 1. The predicted octanol–water partition coefficient (Wildman–Crippen LogP) is 6.24. The molecule has 118 valence electrons. The van der Waals surface area contributed by atoms with E-state index in [2.05, 4.69) is 61.8 Å². The number of hydrogen-bond acceptors (Lipinski definition) is 1. The third-order valence-corrected chi connectivity index (χ3v) is 5.09. The Morgan fingerprint density at radius 2 is 1.70 bits per heavy atom. The smallest absolute Gasteiger partial charge is 0.0390 e. The SMILES string of the molecule is C=Cc1ccccc1C(=C)Nc1ccc(C2(C)CCCC2)cc1. The van der Waals surface area contributed by atoms with Gasteiger partial charge in [-0.25, -0.2) is 0 Å². The Labute approximate surface area is 139 Å². The zero-order chi connectivity index (χ0) is 16.3. The Hall–Kier alpha value is -2.28. The molecule has 0 amide bonds. The van der Waals surface area contributed by atoms with Crippen molar-refractivity contribution >= 4 is 17.5 Å². The van der Waals surface area contributed by atoms with E-state index in [1.54, 1.807) is 0 Å². The van der Waals surface area contributed by atoms with Gasteiger partial charge in [0, 0.05) is 16.9 Å². The molecule has 0 heterocycles. The van der Waals surface area contributed by atoms with Gasteiger partial charge in [0.1, 0.15) is 0 Å². The third-order valence-electron chi connectivity index (χ3n) is 5.09. The van der Waals surface area contributed by atoms with E-state index in [1.807, 2.05) is 18.2 Å². The van der Waals surface area contributed by atoms with Crippen molar-refractivity contribution in [3.05, 3.63) is 78.4 Å². The van der Waals surface area contributed by atoms with Crippen molar-refractivity contribution in [2.75, 3.05) is 5.32 Å². The van der Waals surface area contributed by atoms with Crippen LogP contribution in [-0.2, 0) is 5.41 Å². The normalized spacial score (nSPS) is 16.0. The highest BCUT2D eigenvalue weighted by Crippen LogP contribution is 2.40. The van der Waals surface area contributed by atoms with Crippen LogP contribution in [0.4, 0.5) is 5.69 Å². The van der Waals surface area contributed by atoms with E-state index in [-0.39, 0.29) is 0 Å². The highest BCUT2D eigenvalue weighted by Gasteiger charge is 2.30. The number of rotatable bonds is 5. The predicted molar refractivity (Wildman–Crippen MR) is 101 cm³/mol. The second kappa shape index (κ2) is 6.45. The second-order valence-corrected chi connectivity index (χ2v) is 6.74. The standard InChI is InChI=1S/C22H25N/c1-4-18-9-5-6-10-21(18)17(2)23-20-13-11-19(12-14-20)22(3)15-7-8-16-22/h4-6,9-14,23H,1-2,7-8,15-16H2,3H3. The molecule has 0 saturated heterocycles. The molecule has 3 rings (SSSR count). The molecule has 0 atom stereocenters. The Morgan fingerprint density at radius 3 is 2.35 bits per heavy atom. The molecule has 0 spiro atoms. The molecule has 0 unspecified atom stereocenters. The summed E-state index contributed by atoms with van der Waals surface area (Å²) >= 11 is 0. The first-order valence-electron chi connectivity index (χ1n) is 8.41. The lowest BCUT2D eigenvalue weighted by Gasteiger charge is -2.24. The minimum atomic E-state index is 0.366. The van der Waals surface area contributed by atoms with Gasteiger partial charge < -0.3 is 5.32 Å². The van der Waals surface area contributed by atoms with Crippen LogP contribution in [0.15, 0.2) is 61.7 Å². The zero-order valence-corrected chi connectivity index (χ0v) is 13.9. The average Bonchev–Trinajstić information content (AvgIpc) is 3.03. The Kier molecular flexibility index (Phi) is 4.38. The van der Waals surface area contributed by atoms with Gasteiger partial charge in [-0.15, -0.1) is 0 Å². The maximum absolute atomic E-state index is 4.18. The van der Waals surface area contributed by atoms with E-state index in [4.69, 9.17) is 0 Å². The van der Waals surface area contributed by atoms with Crippen molar-refractivity contribution < 1.29 is 0 Å². The molecular formula is C22H25N. The largest absolute Gasteiger partial charge is 0.356 e. The van der Waals surface area contributed by atoms with Crippen LogP contribution < -0.4 is 5.32 Å². The van der Waals surface area contributed by atoms with Gasteiger partial charge in [-0.2, -0.15) is 0 Å². The first-order chi connectivity index (χ1) is 11.1. The molecule has 1 heteroatoms. The molecule has 23 heavy (non-hydrogen) atoms. The van der Waals surface area contributed by atoms with Gasteiger partial charge in [0.25, 0.3) is 0 Å². The van der Waals surface area contributed by atoms with Crippen LogP contribution in [0, 0.1) is 0 Å². The molecule has 2 aromatic carbocycles. The minimum Gasteiger partial charge on any atom is -0.356 e. The molecule has 1 N–H and O–H groups in total. The monoisotopic (exact) mass is 303 g/mol. The van der Waals surface area contributed by atoms with Gasteiger partial charge in [-0.05, 0) is 41.5 Å². The molecule has 1 saturated carbocycles. The van der Waals surface area contributed by atoms with Gasteiger partial charge in [-0.3, -0.25) is 0 Å². The van der Waals surface area contributed by atoms with Gasteiger partial charge in [0.2, 0.25) is 0 Å². The maximum atomic E-state index is 4.18. The first kappa shape index (κ1) is 15.6. The number of hydrogen-bond donors (Lipinski definition) is 1. The molecule has 0 radical (unpaired) electrons. The van der Waals surface area contributed by atoms with Crippen molar-refractivity contribution in [1.29, 1.82) is 0 Å². The molecule has 0 aliphatic heterocycles. The quantitative estimate of drug-likeness (QED) is 0.689. The van der Waals surface area contributed by atoms with Crippen LogP contribution in [0.1, 0.15) is 49.3 Å². The van der Waals surface area contributed by atoms with Crippen molar-refractivity contribution in [1.82, 2.24) is 0 Å². The van der Waals surface area contributed by atoms with Gasteiger partial charge in [0.15, 0.2) is 0 Å². The molecule has 1 fully saturated rings. The van der Waals surface area contributed by atoms with Crippen molar-refractivity contribution in [2.45, 2.75) is 38.0 Å². The fraction of sp³-hybridized carbons (Fsp3) is 0.273. The molecule has 1 aliphatic carbocycles. The van der Waals surface area contributed by atoms with E-state index in [1.165, 1.54) is 31.2 Å². The lowest BCUT2D eigenvalue weighted by Crippen LogP contribution is -2.16.